The fraction of sp³-hybridized carbons (Fsp3) is 0.381. The van der Waals surface area contributed by atoms with E-state index >= 15 is 0 Å². The Labute approximate surface area is 176 Å². The van der Waals surface area contributed by atoms with Gasteiger partial charge in [-0.05, 0) is 56.3 Å². The number of anilines is 2. The lowest BCUT2D eigenvalue weighted by molar-refractivity contribution is 0.0729. The molecule has 0 bridgehead atoms. The molecule has 0 unspecified atom stereocenters. The molecule has 7 nitrogen and oxygen atoms in total. The van der Waals surface area contributed by atoms with Crippen molar-refractivity contribution in [2.45, 2.75) is 18.7 Å². The number of nitrogens with one attached hydrogen (secondary N) is 1. The van der Waals surface area contributed by atoms with Crippen LogP contribution in [0.4, 0.5) is 15.8 Å². The Morgan fingerprint density at radius 1 is 1.10 bits per heavy atom. The molecular formula is C21H26FN3O4S. The molecule has 2 aromatic rings. The highest BCUT2D eigenvalue weighted by Gasteiger charge is 2.29. The Kier molecular flexibility index (Phi) is 7.06. The maximum Gasteiger partial charge on any atom is 0.255 e. The summed E-state index contributed by atoms with van der Waals surface area (Å²) in [5.74, 6) is -1.40. The third-order valence-electron chi connectivity index (χ3n) is 5.04. The number of sulfonamides is 1. The Morgan fingerprint density at radius 2 is 1.73 bits per heavy atom. The van der Waals surface area contributed by atoms with E-state index in [1.54, 1.807) is 12.1 Å². The molecule has 1 heterocycles. The van der Waals surface area contributed by atoms with Gasteiger partial charge in [-0.25, -0.2) is 12.8 Å². The zero-order chi connectivity index (χ0) is 21.7. The zero-order valence-corrected chi connectivity index (χ0v) is 17.9. The van der Waals surface area contributed by atoms with Gasteiger partial charge in [0.2, 0.25) is 10.0 Å². The first-order valence-corrected chi connectivity index (χ1v) is 11.3. The second kappa shape index (κ2) is 9.55. The van der Waals surface area contributed by atoms with Crippen LogP contribution in [0.1, 0.15) is 24.2 Å². The SMILES string of the molecule is CCN(CC)c1ccc(NC(=O)c2ccc(F)c(S(=O)(=O)N3CCOCC3)c2)cc1. The largest absolute Gasteiger partial charge is 0.379 e. The standard InChI is InChI=1S/C21H26FN3O4S/c1-3-24(4-2)18-8-6-17(7-9-18)23-21(26)16-5-10-19(22)20(15-16)30(27,28)25-11-13-29-14-12-25/h5-10,15H,3-4,11-14H2,1-2H3,(H,23,26). The van der Waals surface area contributed by atoms with Gasteiger partial charge in [-0.2, -0.15) is 4.31 Å². The number of amides is 1. The lowest BCUT2D eigenvalue weighted by Gasteiger charge is -2.26. The molecule has 0 saturated carbocycles. The third kappa shape index (κ3) is 4.80. The van der Waals surface area contributed by atoms with Crippen LogP contribution in [0.3, 0.4) is 0 Å². The highest BCUT2D eigenvalue weighted by atomic mass is 32.2. The molecule has 162 valence electrons. The van der Waals surface area contributed by atoms with Gasteiger partial charge in [0.05, 0.1) is 13.2 Å². The summed E-state index contributed by atoms with van der Waals surface area (Å²) in [6, 6.07) is 10.7. The van der Waals surface area contributed by atoms with Crippen LogP contribution in [-0.4, -0.2) is 58.0 Å². The molecule has 1 fully saturated rings. The molecule has 0 spiro atoms. The van der Waals surface area contributed by atoms with E-state index in [9.17, 15) is 17.6 Å². The molecule has 1 aliphatic rings. The average molecular weight is 436 g/mol. The summed E-state index contributed by atoms with van der Waals surface area (Å²) in [5.41, 5.74) is 1.67. The van der Waals surface area contributed by atoms with Crippen molar-refractivity contribution in [2.24, 2.45) is 0 Å². The molecule has 0 aromatic heterocycles. The predicted octanol–water partition coefficient (Wildman–Crippen LogP) is 2.95. The molecular weight excluding hydrogens is 409 g/mol. The first kappa shape index (κ1) is 22.2. The van der Waals surface area contributed by atoms with Gasteiger partial charge in [0.1, 0.15) is 10.7 Å². The van der Waals surface area contributed by atoms with E-state index in [1.165, 1.54) is 10.4 Å². The van der Waals surface area contributed by atoms with Crippen molar-refractivity contribution in [3.8, 4) is 0 Å². The lowest BCUT2D eigenvalue weighted by atomic mass is 10.2. The van der Waals surface area contributed by atoms with E-state index in [2.05, 4.69) is 24.1 Å². The van der Waals surface area contributed by atoms with Crippen molar-refractivity contribution >= 4 is 27.3 Å². The number of halogens is 1. The molecule has 0 radical (unpaired) electrons. The van der Waals surface area contributed by atoms with Crippen molar-refractivity contribution in [3.63, 3.8) is 0 Å². The molecule has 30 heavy (non-hydrogen) atoms. The van der Waals surface area contributed by atoms with Crippen molar-refractivity contribution in [1.82, 2.24) is 4.31 Å². The Hall–Kier alpha value is -2.49. The highest BCUT2D eigenvalue weighted by molar-refractivity contribution is 7.89. The fourth-order valence-electron chi connectivity index (χ4n) is 3.32. The van der Waals surface area contributed by atoms with Crippen LogP contribution in [0, 0.1) is 5.82 Å². The summed E-state index contributed by atoms with van der Waals surface area (Å²) in [7, 11) is -4.05. The molecule has 1 amide bonds. The van der Waals surface area contributed by atoms with Gasteiger partial charge < -0.3 is 15.0 Å². The summed E-state index contributed by atoms with van der Waals surface area (Å²) < 4.78 is 46.2. The molecule has 0 aliphatic carbocycles. The summed E-state index contributed by atoms with van der Waals surface area (Å²) in [4.78, 5) is 14.3. The average Bonchev–Trinajstić information content (AvgIpc) is 2.76. The number of nitrogens with zero attached hydrogens (tertiary/aromatic N) is 2. The van der Waals surface area contributed by atoms with Crippen LogP contribution in [0.25, 0.3) is 0 Å². The Morgan fingerprint density at radius 3 is 2.33 bits per heavy atom. The number of benzene rings is 2. The Bertz CT molecular complexity index is 986. The monoisotopic (exact) mass is 435 g/mol. The quantitative estimate of drug-likeness (QED) is 0.724. The molecule has 1 N–H and O–H groups in total. The van der Waals surface area contributed by atoms with E-state index < -0.39 is 26.6 Å². The van der Waals surface area contributed by atoms with Gasteiger partial charge in [0.25, 0.3) is 5.91 Å². The maximum absolute atomic E-state index is 14.3. The second-order valence-electron chi connectivity index (χ2n) is 6.83. The third-order valence-corrected chi connectivity index (χ3v) is 6.95. The number of hydrogen-bond acceptors (Lipinski definition) is 5. The first-order valence-electron chi connectivity index (χ1n) is 9.90. The van der Waals surface area contributed by atoms with Gasteiger partial charge in [0, 0.05) is 43.1 Å². The van der Waals surface area contributed by atoms with Gasteiger partial charge in [-0.1, -0.05) is 0 Å². The molecule has 0 atom stereocenters. The smallest absolute Gasteiger partial charge is 0.255 e. The number of morpholine rings is 1. The normalized spacial score (nSPS) is 15.0. The van der Waals surface area contributed by atoms with E-state index in [0.717, 1.165) is 30.9 Å². The van der Waals surface area contributed by atoms with Crippen molar-refractivity contribution in [1.29, 1.82) is 0 Å². The molecule has 2 aromatic carbocycles. The number of hydrogen-bond donors (Lipinski definition) is 1. The minimum atomic E-state index is -4.05. The minimum absolute atomic E-state index is 0.0658. The van der Waals surface area contributed by atoms with Gasteiger partial charge >= 0.3 is 0 Å². The second-order valence-corrected chi connectivity index (χ2v) is 8.74. The van der Waals surface area contributed by atoms with Crippen LogP contribution in [0.5, 0.6) is 0 Å². The van der Waals surface area contributed by atoms with E-state index in [-0.39, 0.29) is 31.9 Å². The van der Waals surface area contributed by atoms with Gasteiger partial charge in [-0.15, -0.1) is 0 Å². The minimum Gasteiger partial charge on any atom is -0.379 e. The number of rotatable bonds is 7. The summed E-state index contributed by atoms with van der Waals surface area (Å²) in [5, 5.41) is 2.73. The topological polar surface area (TPSA) is 79.0 Å². The van der Waals surface area contributed by atoms with Crippen LogP contribution in [-0.2, 0) is 14.8 Å². The van der Waals surface area contributed by atoms with Crippen molar-refractivity contribution in [3.05, 3.63) is 53.8 Å². The van der Waals surface area contributed by atoms with Crippen molar-refractivity contribution < 1.29 is 22.3 Å². The molecule has 1 aliphatic heterocycles. The highest BCUT2D eigenvalue weighted by Crippen LogP contribution is 2.23. The Balaban J connectivity index is 1.79. The van der Waals surface area contributed by atoms with Gasteiger partial charge in [0.15, 0.2) is 0 Å². The molecule has 9 heteroatoms. The first-order chi connectivity index (χ1) is 14.4. The predicted molar refractivity (Wildman–Crippen MR) is 114 cm³/mol. The van der Waals surface area contributed by atoms with E-state index in [0.29, 0.717) is 5.69 Å². The maximum atomic E-state index is 14.3. The number of carbonyl (C=O) groups is 1. The fourth-order valence-corrected chi connectivity index (χ4v) is 4.81. The van der Waals surface area contributed by atoms with Crippen LogP contribution in [0.15, 0.2) is 47.4 Å². The van der Waals surface area contributed by atoms with Crippen LogP contribution >= 0.6 is 0 Å². The van der Waals surface area contributed by atoms with Gasteiger partial charge in [-0.3, -0.25) is 4.79 Å². The van der Waals surface area contributed by atoms with E-state index in [1.807, 2.05) is 12.1 Å². The van der Waals surface area contributed by atoms with Crippen LogP contribution in [0.2, 0.25) is 0 Å². The number of carbonyl (C=O) groups excluding carboxylic acids is 1. The summed E-state index contributed by atoms with van der Waals surface area (Å²) >= 11 is 0. The van der Waals surface area contributed by atoms with Crippen molar-refractivity contribution in [2.75, 3.05) is 49.6 Å². The summed E-state index contributed by atoms with van der Waals surface area (Å²) in [6.45, 7) is 6.69. The zero-order valence-electron chi connectivity index (χ0n) is 17.1. The molecule has 3 rings (SSSR count). The lowest BCUT2D eigenvalue weighted by Crippen LogP contribution is -2.41. The van der Waals surface area contributed by atoms with E-state index in [4.69, 9.17) is 4.74 Å². The van der Waals surface area contributed by atoms with Crippen LogP contribution < -0.4 is 10.2 Å². The molecule has 1 saturated heterocycles. The number of ether oxygens (including phenoxy) is 1. The summed E-state index contributed by atoms with van der Waals surface area (Å²) in [6.07, 6.45) is 0.